The Hall–Kier alpha value is -1.36. The van der Waals surface area contributed by atoms with Crippen LogP contribution in [-0.2, 0) is 11.3 Å². The van der Waals surface area contributed by atoms with Gasteiger partial charge in [0.25, 0.3) is 0 Å². The zero-order valence-corrected chi connectivity index (χ0v) is 11.9. The Bertz CT molecular complexity index is 396. The predicted octanol–water partition coefficient (Wildman–Crippen LogP) is 1.17. The van der Waals surface area contributed by atoms with Gasteiger partial charge in [0, 0.05) is 31.5 Å². The van der Waals surface area contributed by atoms with E-state index >= 15 is 0 Å². The monoisotopic (exact) mass is 264 g/mol. The van der Waals surface area contributed by atoms with E-state index in [1.165, 1.54) is 0 Å². The molecule has 106 valence electrons. The molecule has 0 aliphatic carbocycles. The maximum absolute atomic E-state index is 12.5. The summed E-state index contributed by atoms with van der Waals surface area (Å²) in [5, 5.41) is 6.48. The van der Waals surface area contributed by atoms with Crippen LogP contribution in [0.2, 0.25) is 0 Å². The Balaban J connectivity index is 1.91. The molecule has 1 aliphatic rings. The van der Waals surface area contributed by atoms with Crippen molar-refractivity contribution in [2.75, 3.05) is 13.1 Å². The first kappa shape index (κ1) is 14.1. The van der Waals surface area contributed by atoms with Crippen LogP contribution in [-0.4, -0.2) is 34.6 Å². The molecule has 19 heavy (non-hydrogen) atoms. The Morgan fingerprint density at radius 3 is 3.05 bits per heavy atom. The van der Waals surface area contributed by atoms with Crippen LogP contribution < -0.4 is 10.6 Å². The summed E-state index contributed by atoms with van der Waals surface area (Å²) >= 11 is 0. The van der Waals surface area contributed by atoms with Gasteiger partial charge >= 0.3 is 0 Å². The smallest absolute Gasteiger partial charge is 0.227 e. The largest absolute Gasteiger partial charge is 0.351 e. The van der Waals surface area contributed by atoms with E-state index in [1.54, 1.807) is 12.5 Å². The minimum absolute atomic E-state index is 0.121. The van der Waals surface area contributed by atoms with Gasteiger partial charge in [0.15, 0.2) is 0 Å². The third-order valence-corrected chi connectivity index (χ3v) is 3.88. The standard InChI is InChI=1S/C14H24N4O/c1-3-4-14(5-6-15-10-14)13(19)17-12(2)9-18-8-7-16-11-18/h7-8,11-12,15H,3-6,9-10H2,1-2H3,(H,17,19). The third kappa shape index (κ3) is 3.35. The van der Waals surface area contributed by atoms with E-state index in [9.17, 15) is 4.79 Å². The normalized spacial score (nSPS) is 24.3. The zero-order chi connectivity index (χ0) is 13.7. The maximum Gasteiger partial charge on any atom is 0.227 e. The molecule has 2 rings (SSSR count). The Kier molecular flexibility index (Phi) is 4.58. The summed E-state index contributed by atoms with van der Waals surface area (Å²) in [6.07, 6.45) is 8.41. The number of aromatic nitrogens is 2. The molecule has 0 saturated carbocycles. The van der Waals surface area contributed by atoms with Crippen LogP contribution in [0, 0.1) is 5.41 Å². The highest BCUT2D eigenvalue weighted by Gasteiger charge is 2.40. The molecular weight excluding hydrogens is 240 g/mol. The fraction of sp³-hybridized carbons (Fsp3) is 0.714. The summed E-state index contributed by atoms with van der Waals surface area (Å²) < 4.78 is 1.99. The second kappa shape index (κ2) is 6.19. The lowest BCUT2D eigenvalue weighted by atomic mass is 9.81. The van der Waals surface area contributed by atoms with Gasteiger partial charge in [-0.3, -0.25) is 4.79 Å². The highest BCUT2D eigenvalue weighted by atomic mass is 16.2. The van der Waals surface area contributed by atoms with Crippen molar-refractivity contribution >= 4 is 5.91 Å². The Morgan fingerprint density at radius 1 is 1.63 bits per heavy atom. The first-order valence-corrected chi connectivity index (χ1v) is 7.14. The fourth-order valence-electron chi connectivity index (χ4n) is 2.88. The first-order valence-electron chi connectivity index (χ1n) is 7.14. The van der Waals surface area contributed by atoms with Crippen molar-refractivity contribution in [3.8, 4) is 0 Å². The van der Waals surface area contributed by atoms with Gasteiger partial charge in [0.05, 0.1) is 11.7 Å². The van der Waals surface area contributed by atoms with E-state index in [0.717, 1.165) is 38.9 Å². The number of hydrogen-bond acceptors (Lipinski definition) is 3. The highest BCUT2D eigenvalue weighted by molar-refractivity contribution is 5.83. The summed E-state index contributed by atoms with van der Waals surface area (Å²) in [6.45, 7) is 6.71. The Morgan fingerprint density at radius 2 is 2.47 bits per heavy atom. The van der Waals surface area contributed by atoms with E-state index < -0.39 is 0 Å². The van der Waals surface area contributed by atoms with Crippen LogP contribution in [0.25, 0.3) is 0 Å². The summed E-state index contributed by atoms with van der Waals surface area (Å²) in [7, 11) is 0. The molecule has 2 heterocycles. The van der Waals surface area contributed by atoms with Gasteiger partial charge in [-0.15, -0.1) is 0 Å². The van der Waals surface area contributed by atoms with Crippen LogP contribution in [0.3, 0.4) is 0 Å². The second-order valence-corrected chi connectivity index (χ2v) is 5.59. The SMILES string of the molecule is CCCC1(C(=O)NC(C)Cn2ccnc2)CCNC1. The molecule has 2 N–H and O–H groups in total. The third-order valence-electron chi connectivity index (χ3n) is 3.88. The molecule has 1 fully saturated rings. The molecular formula is C14H24N4O. The number of amides is 1. The van der Waals surface area contributed by atoms with Gasteiger partial charge in [-0.1, -0.05) is 13.3 Å². The van der Waals surface area contributed by atoms with Gasteiger partial charge in [-0.25, -0.2) is 4.98 Å². The lowest BCUT2D eigenvalue weighted by molar-refractivity contribution is -0.131. The molecule has 2 unspecified atom stereocenters. The number of nitrogens with one attached hydrogen (secondary N) is 2. The average Bonchev–Trinajstić information content (AvgIpc) is 3.01. The molecule has 1 saturated heterocycles. The minimum atomic E-state index is -0.196. The van der Waals surface area contributed by atoms with Crippen molar-refractivity contribution in [3.05, 3.63) is 18.7 Å². The predicted molar refractivity (Wildman–Crippen MR) is 74.7 cm³/mol. The second-order valence-electron chi connectivity index (χ2n) is 5.59. The number of carbonyl (C=O) groups is 1. The maximum atomic E-state index is 12.5. The van der Waals surface area contributed by atoms with Crippen LogP contribution in [0.1, 0.15) is 33.1 Å². The van der Waals surface area contributed by atoms with E-state index in [1.807, 2.05) is 17.7 Å². The van der Waals surface area contributed by atoms with Crippen LogP contribution in [0.5, 0.6) is 0 Å². The highest BCUT2D eigenvalue weighted by Crippen LogP contribution is 2.31. The quantitative estimate of drug-likeness (QED) is 0.811. The van der Waals surface area contributed by atoms with Gasteiger partial charge < -0.3 is 15.2 Å². The average molecular weight is 264 g/mol. The topological polar surface area (TPSA) is 59.0 Å². The number of carbonyl (C=O) groups excluding carboxylic acids is 1. The first-order chi connectivity index (χ1) is 9.16. The molecule has 5 nitrogen and oxygen atoms in total. The van der Waals surface area contributed by atoms with E-state index in [4.69, 9.17) is 0 Å². The minimum Gasteiger partial charge on any atom is -0.351 e. The van der Waals surface area contributed by atoms with E-state index in [2.05, 4.69) is 22.5 Å². The molecule has 0 aromatic carbocycles. The van der Waals surface area contributed by atoms with Gasteiger partial charge in [0.1, 0.15) is 0 Å². The number of rotatable bonds is 6. The molecule has 0 spiro atoms. The van der Waals surface area contributed by atoms with Gasteiger partial charge in [0.2, 0.25) is 5.91 Å². The molecule has 1 amide bonds. The van der Waals surface area contributed by atoms with Crippen molar-refractivity contribution in [3.63, 3.8) is 0 Å². The molecule has 2 atom stereocenters. The number of hydrogen-bond donors (Lipinski definition) is 2. The van der Waals surface area contributed by atoms with Gasteiger partial charge in [-0.2, -0.15) is 0 Å². The fourth-order valence-corrected chi connectivity index (χ4v) is 2.88. The zero-order valence-electron chi connectivity index (χ0n) is 11.9. The van der Waals surface area contributed by atoms with Crippen molar-refractivity contribution in [1.29, 1.82) is 0 Å². The van der Waals surface area contributed by atoms with Gasteiger partial charge in [-0.05, 0) is 26.3 Å². The van der Waals surface area contributed by atoms with Crippen molar-refractivity contribution in [2.24, 2.45) is 5.41 Å². The van der Waals surface area contributed by atoms with Crippen molar-refractivity contribution < 1.29 is 4.79 Å². The summed E-state index contributed by atoms with van der Waals surface area (Å²) in [5.74, 6) is 0.201. The summed E-state index contributed by atoms with van der Waals surface area (Å²) in [6, 6.07) is 0.121. The van der Waals surface area contributed by atoms with Crippen molar-refractivity contribution in [2.45, 2.75) is 45.7 Å². The van der Waals surface area contributed by atoms with Crippen LogP contribution in [0.4, 0.5) is 0 Å². The molecule has 5 heteroatoms. The number of imidazole rings is 1. The summed E-state index contributed by atoms with van der Waals surface area (Å²) in [5.41, 5.74) is -0.196. The molecule has 0 radical (unpaired) electrons. The van der Waals surface area contributed by atoms with Crippen LogP contribution in [0.15, 0.2) is 18.7 Å². The van der Waals surface area contributed by atoms with E-state index in [0.29, 0.717) is 0 Å². The Labute approximate surface area is 114 Å². The lowest BCUT2D eigenvalue weighted by Crippen LogP contribution is -2.47. The molecule has 1 aromatic rings. The summed E-state index contributed by atoms with van der Waals surface area (Å²) in [4.78, 5) is 16.5. The number of nitrogens with zero attached hydrogens (tertiary/aromatic N) is 2. The lowest BCUT2D eigenvalue weighted by Gasteiger charge is -2.28. The molecule has 1 aromatic heterocycles. The molecule has 0 bridgehead atoms. The van der Waals surface area contributed by atoms with Crippen molar-refractivity contribution in [1.82, 2.24) is 20.2 Å². The van der Waals surface area contributed by atoms with E-state index in [-0.39, 0.29) is 17.4 Å². The van der Waals surface area contributed by atoms with Crippen LogP contribution >= 0.6 is 0 Å². The molecule has 1 aliphatic heterocycles.